The van der Waals surface area contributed by atoms with Crippen LogP contribution >= 0.6 is 15.9 Å². The van der Waals surface area contributed by atoms with Gasteiger partial charge in [-0.3, -0.25) is 9.59 Å². The lowest BCUT2D eigenvalue weighted by Gasteiger charge is -2.27. The van der Waals surface area contributed by atoms with Crippen molar-refractivity contribution in [3.8, 4) is 0 Å². The summed E-state index contributed by atoms with van der Waals surface area (Å²) in [6, 6.07) is 15.7. The first kappa shape index (κ1) is 18.9. The van der Waals surface area contributed by atoms with Crippen molar-refractivity contribution in [2.24, 2.45) is 0 Å². The van der Waals surface area contributed by atoms with Gasteiger partial charge in [-0.05, 0) is 30.5 Å². The van der Waals surface area contributed by atoms with Crippen LogP contribution in [0.25, 0.3) is 5.76 Å². The quantitative estimate of drug-likeness (QED) is 0.441. The third-order valence-corrected chi connectivity index (χ3v) is 5.73. The Morgan fingerprint density at radius 1 is 1.11 bits per heavy atom. The van der Waals surface area contributed by atoms with E-state index in [1.807, 2.05) is 30.3 Å². The smallest absolute Gasteiger partial charge is 0.295 e. The molecule has 0 spiro atoms. The molecule has 0 radical (unpaired) electrons. The predicted octanol–water partition coefficient (Wildman–Crippen LogP) is 4.05. The summed E-state index contributed by atoms with van der Waals surface area (Å²) >= 11 is 3.37. The highest BCUT2D eigenvalue weighted by molar-refractivity contribution is 9.10. The number of aliphatic hydroxyl groups is 1. The SMILES string of the molecule is O=C1C(=O)N(CC2CCCO2)C(c2ccccc2)/C1=C(/O)c1ccc(Br)cc1. The summed E-state index contributed by atoms with van der Waals surface area (Å²) in [6.07, 6.45) is 1.72. The Labute approximate surface area is 171 Å². The summed E-state index contributed by atoms with van der Waals surface area (Å²) in [5, 5.41) is 10.9. The average molecular weight is 442 g/mol. The molecule has 0 aromatic heterocycles. The Morgan fingerprint density at radius 3 is 2.46 bits per heavy atom. The summed E-state index contributed by atoms with van der Waals surface area (Å²) in [7, 11) is 0. The maximum Gasteiger partial charge on any atom is 0.295 e. The second-order valence-electron chi connectivity index (χ2n) is 7.00. The van der Waals surface area contributed by atoms with Gasteiger partial charge >= 0.3 is 0 Å². The fourth-order valence-corrected chi connectivity index (χ4v) is 4.09. The van der Waals surface area contributed by atoms with Gasteiger partial charge < -0.3 is 14.7 Å². The third kappa shape index (κ3) is 3.50. The van der Waals surface area contributed by atoms with Crippen LogP contribution in [0, 0.1) is 0 Å². The van der Waals surface area contributed by atoms with Gasteiger partial charge in [0.05, 0.1) is 17.7 Å². The van der Waals surface area contributed by atoms with E-state index in [0.29, 0.717) is 18.7 Å². The van der Waals surface area contributed by atoms with Crippen LogP contribution in [-0.4, -0.2) is 41.0 Å². The maximum atomic E-state index is 12.9. The maximum absolute atomic E-state index is 12.9. The van der Waals surface area contributed by atoms with Crippen molar-refractivity contribution in [3.63, 3.8) is 0 Å². The molecule has 2 aromatic rings. The molecule has 4 rings (SSSR count). The minimum Gasteiger partial charge on any atom is -0.507 e. The molecule has 1 N–H and O–H groups in total. The summed E-state index contributed by atoms with van der Waals surface area (Å²) < 4.78 is 6.55. The molecular formula is C22H20BrNO4. The van der Waals surface area contributed by atoms with E-state index in [9.17, 15) is 14.7 Å². The Balaban J connectivity index is 1.80. The topological polar surface area (TPSA) is 66.8 Å². The zero-order valence-corrected chi connectivity index (χ0v) is 16.8. The lowest BCUT2D eigenvalue weighted by Crippen LogP contribution is -2.36. The molecule has 6 heteroatoms. The van der Waals surface area contributed by atoms with Gasteiger partial charge in [0, 0.05) is 23.2 Å². The lowest BCUT2D eigenvalue weighted by molar-refractivity contribution is -0.140. The molecule has 2 aromatic carbocycles. The van der Waals surface area contributed by atoms with Crippen LogP contribution in [0.1, 0.15) is 30.0 Å². The summed E-state index contributed by atoms with van der Waals surface area (Å²) in [6.45, 7) is 1.00. The molecular weight excluding hydrogens is 422 g/mol. The van der Waals surface area contributed by atoms with Gasteiger partial charge in [0.15, 0.2) is 0 Å². The van der Waals surface area contributed by atoms with E-state index in [4.69, 9.17) is 4.74 Å². The second kappa shape index (κ2) is 7.89. The van der Waals surface area contributed by atoms with Crippen LogP contribution in [0.5, 0.6) is 0 Å². The number of aliphatic hydroxyl groups excluding tert-OH is 1. The molecule has 2 saturated heterocycles. The van der Waals surface area contributed by atoms with Crippen LogP contribution in [0.4, 0.5) is 0 Å². The first-order valence-corrected chi connectivity index (χ1v) is 10.1. The van der Waals surface area contributed by atoms with Gasteiger partial charge in [-0.15, -0.1) is 0 Å². The highest BCUT2D eigenvalue weighted by Crippen LogP contribution is 2.40. The monoisotopic (exact) mass is 441 g/mol. The average Bonchev–Trinajstić information content (AvgIpc) is 3.31. The van der Waals surface area contributed by atoms with Crippen LogP contribution in [0.2, 0.25) is 0 Å². The number of carbonyl (C=O) groups excluding carboxylic acids is 2. The van der Waals surface area contributed by atoms with Crippen molar-refractivity contribution < 1.29 is 19.4 Å². The number of benzene rings is 2. The Kier molecular flexibility index (Phi) is 5.33. The number of nitrogens with zero attached hydrogens (tertiary/aromatic N) is 1. The van der Waals surface area contributed by atoms with Gasteiger partial charge in [0.2, 0.25) is 0 Å². The van der Waals surface area contributed by atoms with Crippen molar-refractivity contribution in [2.45, 2.75) is 25.0 Å². The first-order chi connectivity index (χ1) is 13.6. The highest BCUT2D eigenvalue weighted by atomic mass is 79.9. The Morgan fingerprint density at radius 2 is 1.82 bits per heavy atom. The number of halogens is 1. The molecule has 2 fully saturated rings. The molecule has 2 heterocycles. The number of hydrogen-bond acceptors (Lipinski definition) is 4. The molecule has 2 unspecified atom stereocenters. The number of carbonyl (C=O) groups is 2. The van der Waals surface area contributed by atoms with Crippen LogP contribution < -0.4 is 0 Å². The molecule has 0 bridgehead atoms. The Hall–Kier alpha value is -2.44. The summed E-state index contributed by atoms with van der Waals surface area (Å²) in [5.41, 5.74) is 1.41. The van der Waals surface area contributed by atoms with Gasteiger partial charge in [0.25, 0.3) is 11.7 Å². The normalized spacial score (nSPS) is 24.1. The number of amides is 1. The largest absolute Gasteiger partial charge is 0.507 e. The van der Waals surface area contributed by atoms with E-state index >= 15 is 0 Å². The molecule has 5 nitrogen and oxygen atoms in total. The van der Waals surface area contributed by atoms with Crippen LogP contribution in [0.3, 0.4) is 0 Å². The molecule has 2 atom stereocenters. The standard InChI is InChI=1S/C22H20BrNO4/c23-16-10-8-15(9-11-16)20(25)18-19(14-5-2-1-3-6-14)24(22(27)21(18)26)13-17-7-4-12-28-17/h1-3,5-6,8-11,17,19,25H,4,7,12-13H2/b20-18-. The molecule has 0 aliphatic carbocycles. The minimum atomic E-state index is -0.660. The fourth-order valence-electron chi connectivity index (χ4n) is 3.82. The first-order valence-electron chi connectivity index (χ1n) is 9.27. The van der Waals surface area contributed by atoms with Gasteiger partial charge in [0.1, 0.15) is 5.76 Å². The van der Waals surface area contributed by atoms with E-state index in [0.717, 1.165) is 22.9 Å². The van der Waals surface area contributed by atoms with Crippen molar-refractivity contribution in [1.29, 1.82) is 0 Å². The van der Waals surface area contributed by atoms with Gasteiger partial charge in [-0.2, -0.15) is 0 Å². The predicted molar refractivity (Wildman–Crippen MR) is 109 cm³/mol. The molecule has 2 aliphatic heterocycles. The molecule has 1 amide bonds. The zero-order chi connectivity index (χ0) is 19.7. The van der Waals surface area contributed by atoms with Crippen molar-refractivity contribution in [1.82, 2.24) is 4.90 Å². The van der Waals surface area contributed by atoms with Crippen molar-refractivity contribution >= 4 is 33.4 Å². The molecule has 2 aliphatic rings. The Bertz CT molecular complexity index is 917. The van der Waals surface area contributed by atoms with E-state index in [1.54, 1.807) is 24.3 Å². The molecule has 144 valence electrons. The van der Waals surface area contributed by atoms with E-state index < -0.39 is 17.7 Å². The number of ketones is 1. The molecule has 0 saturated carbocycles. The highest BCUT2D eigenvalue weighted by Gasteiger charge is 2.46. The van der Waals surface area contributed by atoms with Crippen molar-refractivity contribution in [3.05, 3.63) is 75.8 Å². The number of ether oxygens (including phenoxy) is 1. The lowest BCUT2D eigenvalue weighted by atomic mass is 9.95. The van der Waals surface area contributed by atoms with Gasteiger partial charge in [-0.25, -0.2) is 0 Å². The van der Waals surface area contributed by atoms with Crippen LogP contribution in [-0.2, 0) is 14.3 Å². The number of Topliss-reactive ketones (excluding diaryl/α,β-unsaturated/α-hetero) is 1. The van der Waals surface area contributed by atoms with Crippen LogP contribution in [0.15, 0.2) is 64.6 Å². The van der Waals surface area contributed by atoms with E-state index in [1.165, 1.54) is 4.90 Å². The van der Waals surface area contributed by atoms with E-state index in [2.05, 4.69) is 15.9 Å². The van der Waals surface area contributed by atoms with Crippen molar-refractivity contribution in [2.75, 3.05) is 13.2 Å². The summed E-state index contributed by atoms with van der Waals surface area (Å²) in [5.74, 6) is -1.41. The summed E-state index contributed by atoms with van der Waals surface area (Å²) in [4.78, 5) is 27.3. The fraction of sp³-hybridized carbons (Fsp3) is 0.273. The van der Waals surface area contributed by atoms with Gasteiger partial charge in [-0.1, -0.05) is 58.4 Å². The number of rotatable bonds is 4. The number of likely N-dealkylation sites (tertiary alicyclic amines) is 1. The second-order valence-corrected chi connectivity index (χ2v) is 7.92. The van der Waals surface area contributed by atoms with E-state index in [-0.39, 0.29) is 17.4 Å². The third-order valence-electron chi connectivity index (χ3n) is 5.20. The number of hydrogen-bond donors (Lipinski definition) is 1. The zero-order valence-electron chi connectivity index (χ0n) is 15.2. The minimum absolute atomic E-state index is 0.0860. The molecule has 28 heavy (non-hydrogen) atoms.